The molecule has 0 saturated carbocycles. The Morgan fingerprint density at radius 1 is 0.700 bits per heavy atom. The van der Waals surface area contributed by atoms with Crippen LogP contribution in [0.4, 0.5) is 0 Å². The average molecular weight is 430 g/mol. The van der Waals surface area contributed by atoms with E-state index >= 15 is 0 Å². The van der Waals surface area contributed by atoms with E-state index in [2.05, 4.69) is 60.7 Å². The van der Waals surface area contributed by atoms with Gasteiger partial charge in [0.1, 0.15) is 5.75 Å². The molecule has 0 fully saturated rings. The van der Waals surface area contributed by atoms with E-state index in [9.17, 15) is 9.59 Å². The summed E-state index contributed by atoms with van der Waals surface area (Å²) >= 11 is 0. The first-order valence-corrected chi connectivity index (χ1v) is 12.2. The zero-order valence-corrected chi connectivity index (χ0v) is 18.4. The van der Waals surface area contributed by atoms with Crippen LogP contribution in [0.25, 0.3) is 0 Å². The Labute approximate surface area is 183 Å². The van der Waals surface area contributed by atoms with Gasteiger partial charge in [0.05, 0.1) is 17.5 Å². The molecular formula is C25H33O4S+. The van der Waals surface area contributed by atoms with Crippen LogP contribution in [-0.2, 0) is 25.2 Å². The lowest BCUT2D eigenvalue weighted by molar-refractivity contribution is -0.144. The van der Waals surface area contributed by atoms with Gasteiger partial charge in [0.15, 0.2) is 9.79 Å². The molecule has 0 saturated heterocycles. The first kappa shape index (κ1) is 24.0. The Bertz CT molecular complexity index is 694. The van der Waals surface area contributed by atoms with Gasteiger partial charge in [0, 0.05) is 12.8 Å². The summed E-state index contributed by atoms with van der Waals surface area (Å²) in [7, 11) is 0.133. The standard InChI is InChI=1S/C25H32O4S/c26-24(27)18-13-19-25(28)29-20-11-3-1-2-4-12-21-30(22-14-7-5-8-15-22)23-16-9-6-10-17-23/h5-10,14-17H,1-4,11-13,18-21H2/p+1. The summed E-state index contributed by atoms with van der Waals surface area (Å²) in [5.41, 5.74) is 0. The Morgan fingerprint density at radius 2 is 1.23 bits per heavy atom. The predicted molar refractivity (Wildman–Crippen MR) is 122 cm³/mol. The van der Waals surface area contributed by atoms with E-state index in [-0.39, 0.29) is 29.7 Å². The van der Waals surface area contributed by atoms with E-state index in [1.807, 2.05) is 0 Å². The van der Waals surface area contributed by atoms with Gasteiger partial charge in [0.2, 0.25) is 0 Å². The number of carbonyl (C=O) groups excluding carboxylic acids is 1. The number of hydrogen-bond donors (Lipinski definition) is 1. The van der Waals surface area contributed by atoms with E-state index in [1.54, 1.807) is 0 Å². The molecule has 2 aromatic carbocycles. The minimum absolute atomic E-state index is 0.0189. The highest BCUT2D eigenvalue weighted by Crippen LogP contribution is 2.24. The van der Waals surface area contributed by atoms with Gasteiger partial charge in [-0.05, 0) is 49.9 Å². The molecule has 0 heterocycles. The van der Waals surface area contributed by atoms with Crippen LogP contribution in [0.15, 0.2) is 70.5 Å². The van der Waals surface area contributed by atoms with Crippen molar-refractivity contribution in [2.24, 2.45) is 0 Å². The SMILES string of the molecule is O=C(O)CCCC(=O)OCCCCCCCC[S+](c1ccccc1)c1ccccc1. The van der Waals surface area contributed by atoms with Crippen LogP contribution in [0.5, 0.6) is 0 Å². The maximum Gasteiger partial charge on any atom is 0.305 e. The largest absolute Gasteiger partial charge is 0.481 e. The molecule has 30 heavy (non-hydrogen) atoms. The summed E-state index contributed by atoms with van der Waals surface area (Å²) in [6, 6.07) is 21.6. The fourth-order valence-corrected chi connectivity index (χ4v) is 5.45. The Hall–Kier alpha value is -2.27. The molecule has 2 rings (SSSR count). The number of benzene rings is 2. The number of hydrogen-bond acceptors (Lipinski definition) is 3. The third kappa shape index (κ3) is 9.97. The zero-order chi connectivity index (χ0) is 21.4. The third-order valence-electron chi connectivity index (χ3n) is 4.83. The lowest BCUT2D eigenvalue weighted by Crippen LogP contribution is -2.09. The molecule has 0 aliphatic heterocycles. The van der Waals surface area contributed by atoms with Crippen molar-refractivity contribution < 1.29 is 19.4 Å². The van der Waals surface area contributed by atoms with Gasteiger partial charge < -0.3 is 9.84 Å². The minimum atomic E-state index is -0.873. The molecule has 0 spiro atoms. The molecule has 0 aliphatic rings. The highest BCUT2D eigenvalue weighted by Gasteiger charge is 2.23. The van der Waals surface area contributed by atoms with E-state index < -0.39 is 5.97 Å². The van der Waals surface area contributed by atoms with E-state index in [0.717, 1.165) is 19.3 Å². The van der Waals surface area contributed by atoms with Crippen LogP contribution < -0.4 is 0 Å². The number of carbonyl (C=O) groups is 2. The Balaban J connectivity index is 1.57. The van der Waals surface area contributed by atoms with Crippen molar-refractivity contribution in [2.75, 3.05) is 12.4 Å². The van der Waals surface area contributed by atoms with E-state index in [1.165, 1.54) is 34.8 Å². The lowest BCUT2D eigenvalue weighted by atomic mass is 10.1. The fraction of sp³-hybridized carbons (Fsp3) is 0.440. The molecule has 0 amide bonds. The number of carboxylic acid groups (broad SMARTS) is 1. The zero-order valence-electron chi connectivity index (χ0n) is 17.6. The summed E-state index contributed by atoms with van der Waals surface area (Å²) in [4.78, 5) is 24.7. The van der Waals surface area contributed by atoms with Crippen molar-refractivity contribution in [3.05, 3.63) is 60.7 Å². The number of aliphatic carboxylic acids is 1. The second kappa shape index (κ2) is 14.7. The summed E-state index contributed by atoms with van der Waals surface area (Å²) < 4.78 is 5.15. The van der Waals surface area contributed by atoms with Crippen LogP contribution in [0.2, 0.25) is 0 Å². The highest BCUT2D eigenvalue weighted by molar-refractivity contribution is 7.97. The molecular weight excluding hydrogens is 396 g/mol. The van der Waals surface area contributed by atoms with Gasteiger partial charge in [-0.15, -0.1) is 0 Å². The van der Waals surface area contributed by atoms with Crippen LogP contribution in [0.1, 0.15) is 57.8 Å². The number of rotatable bonds is 15. The molecule has 0 aliphatic carbocycles. The van der Waals surface area contributed by atoms with Gasteiger partial charge in [0.25, 0.3) is 0 Å². The summed E-state index contributed by atoms with van der Waals surface area (Å²) in [6.45, 7) is 0.442. The molecule has 0 radical (unpaired) electrons. The molecule has 1 N–H and O–H groups in total. The van der Waals surface area contributed by atoms with E-state index in [4.69, 9.17) is 9.84 Å². The molecule has 5 heteroatoms. The third-order valence-corrected chi connectivity index (χ3v) is 7.21. The Kier molecular flexibility index (Phi) is 11.7. The van der Waals surface area contributed by atoms with Crippen molar-refractivity contribution in [2.45, 2.75) is 67.6 Å². The van der Waals surface area contributed by atoms with Gasteiger partial charge in [-0.3, -0.25) is 9.59 Å². The monoisotopic (exact) mass is 429 g/mol. The highest BCUT2D eigenvalue weighted by atomic mass is 32.2. The quantitative estimate of drug-likeness (QED) is 0.219. The molecule has 2 aromatic rings. The molecule has 0 aromatic heterocycles. The fourth-order valence-electron chi connectivity index (χ4n) is 3.24. The number of ether oxygens (including phenoxy) is 1. The maximum absolute atomic E-state index is 11.5. The molecule has 0 bridgehead atoms. The van der Waals surface area contributed by atoms with Gasteiger partial charge >= 0.3 is 11.9 Å². The van der Waals surface area contributed by atoms with E-state index in [0.29, 0.717) is 13.0 Å². The predicted octanol–water partition coefficient (Wildman–Crippen LogP) is 5.86. The topological polar surface area (TPSA) is 63.6 Å². The maximum atomic E-state index is 11.5. The molecule has 4 nitrogen and oxygen atoms in total. The van der Waals surface area contributed by atoms with Crippen molar-refractivity contribution in [1.29, 1.82) is 0 Å². The second-order valence-electron chi connectivity index (χ2n) is 7.31. The lowest BCUT2D eigenvalue weighted by Gasteiger charge is -2.08. The first-order chi connectivity index (χ1) is 14.7. The van der Waals surface area contributed by atoms with Crippen molar-refractivity contribution in [3.63, 3.8) is 0 Å². The number of esters is 1. The summed E-state index contributed by atoms with van der Waals surface area (Å²) in [5.74, 6) is 0.0226. The average Bonchev–Trinajstić information content (AvgIpc) is 2.76. The number of carboxylic acids is 1. The van der Waals surface area contributed by atoms with Crippen LogP contribution in [0, 0.1) is 0 Å². The van der Waals surface area contributed by atoms with Gasteiger partial charge in [-0.1, -0.05) is 55.7 Å². The van der Waals surface area contributed by atoms with Crippen molar-refractivity contribution >= 4 is 22.8 Å². The van der Waals surface area contributed by atoms with Gasteiger partial charge in [-0.2, -0.15) is 0 Å². The van der Waals surface area contributed by atoms with Crippen LogP contribution >= 0.6 is 0 Å². The second-order valence-corrected chi connectivity index (χ2v) is 9.44. The summed E-state index contributed by atoms with van der Waals surface area (Å²) in [6.07, 6.45) is 7.29. The molecule has 0 unspecified atom stereocenters. The molecule has 0 atom stereocenters. The summed E-state index contributed by atoms with van der Waals surface area (Å²) in [5, 5.41) is 8.56. The van der Waals surface area contributed by atoms with Gasteiger partial charge in [-0.25, -0.2) is 0 Å². The number of unbranched alkanes of at least 4 members (excludes halogenated alkanes) is 5. The Morgan fingerprint density at radius 3 is 1.80 bits per heavy atom. The van der Waals surface area contributed by atoms with Crippen LogP contribution in [-0.4, -0.2) is 29.4 Å². The molecule has 162 valence electrons. The normalized spacial score (nSPS) is 10.8. The van der Waals surface area contributed by atoms with Crippen molar-refractivity contribution in [3.8, 4) is 0 Å². The first-order valence-electron chi connectivity index (χ1n) is 10.9. The van der Waals surface area contributed by atoms with Crippen LogP contribution in [0.3, 0.4) is 0 Å². The minimum Gasteiger partial charge on any atom is -0.481 e. The smallest absolute Gasteiger partial charge is 0.305 e. The van der Waals surface area contributed by atoms with Crippen molar-refractivity contribution in [1.82, 2.24) is 0 Å².